The van der Waals surface area contributed by atoms with Crippen LogP contribution in [0.3, 0.4) is 0 Å². The molecular formula is C7H12N2O2. The van der Waals surface area contributed by atoms with E-state index >= 15 is 0 Å². The molecule has 11 heavy (non-hydrogen) atoms. The van der Waals surface area contributed by atoms with Crippen LogP contribution in [-0.4, -0.2) is 18.7 Å². The normalized spacial score (nSPS) is 10.4. The van der Waals surface area contributed by atoms with Gasteiger partial charge in [0.05, 0.1) is 19.3 Å². The second kappa shape index (κ2) is 4.10. The van der Waals surface area contributed by atoms with Gasteiger partial charge in [-0.15, -0.1) is 0 Å². The van der Waals surface area contributed by atoms with Crippen LogP contribution in [0.15, 0.2) is 10.6 Å². The van der Waals surface area contributed by atoms with Crippen LogP contribution in [0, 0.1) is 0 Å². The van der Waals surface area contributed by atoms with Crippen molar-refractivity contribution in [2.24, 2.45) is 5.73 Å². The fourth-order valence-corrected chi connectivity index (χ4v) is 0.761. The third kappa shape index (κ3) is 2.32. The molecule has 0 bridgehead atoms. The Labute approximate surface area is 65.4 Å². The Balaban J connectivity index is 2.44. The Morgan fingerprint density at radius 1 is 1.73 bits per heavy atom. The first-order chi connectivity index (χ1) is 5.36. The van der Waals surface area contributed by atoms with Crippen molar-refractivity contribution in [2.45, 2.75) is 13.0 Å². The van der Waals surface area contributed by atoms with Gasteiger partial charge in [0.15, 0.2) is 0 Å². The molecule has 1 aromatic heterocycles. The summed E-state index contributed by atoms with van der Waals surface area (Å²) in [6.45, 7) is 1.01. The van der Waals surface area contributed by atoms with Crippen LogP contribution in [0.2, 0.25) is 0 Å². The molecule has 0 aliphatic heterocycles. The van der Waals surface area contributed by atoms with Gasteiger partial charge in [-0.3, -0.25) is 0 Å². The van der Waals surface area contributed by atoms with Crippen molar-refractivity contribution >= 4 is 0 Å². The van der Waals surface area contributed by atoms with E-state index in [2.05, 4.69) is 4.98 Å². The van der Waals surface area contributed by atoms with E-state index in [1.165, 1.54) is 0 Å². The lowest BCUT2D eigenvalue weighted by atomic mass is 10.4. The zero-order chi connectivity index (χ0) is 8.10. The molecule has 0 aliphatic rings. The van der Waals surface area contributed by atoms with E-state index in [1.807, 2.05) is 0 Å². The maximum atomic E-state index is 5.30. The van der Waals surface area contributed by atoms with Crippen LogP contribution in [0.5, 0.6) is 0 Å². The number of oxazole rings is 1. The van der Waals surface area contributed by atoms with Crippen LogP contribution < -0.4 is 5.73 Å². The highest BCUT2D eigenvalue weighted by atomic mass is 16.5. The lowest BCUT2D eigenvalue weighted by Gasteiger charge is -1.92. The number of hydrogen-bond donors (Lipinski definition) is 1. The third-order valence-corrected chi connectivity index (χ3v) is 1.33. The van der Waals surface area contributed by atoms with E-state index in [1.54, 1.807) is 13.3 Å². The monoisotopic (exact) mass is 156 g/mol. The standard InChI is InChI=1S/C7H12N2O2/c1-10-3-2-6-5-9-7(4-8)11-6/h5H,2-4,8H2,1H3. The minimum Gasteiger partial charge on any atom is -0.444 e. The van der Waals surface area contributed by atoms with Gasteiger partial charge in [0, 0.05) is 13.5 Å². The zero-order valence-corrected chi connectivity index (χ0v) is 6.54. The van der Waals surface area contributed by atoms with Crippen LogP contribution in [-0.2, 0) is 17.7 Å². The Morgan fingerprint density at radius 2 is 2.55 bits per heavy atom. The molecule has 1 aromatic rings. The molecule has 0 amide bonds. The van der Waals surface area contributed by atoms with Gasteiger partial charge in [-0.2, -0.15) is 0 Å². The third-order valence-electron chi connectivity index (χ3n) is 1.33. The molecule has 0 fully saturated rings. The molecule has 0 saturated carbocycles. The van der Waals surface area contributed by atoms with Crippen LogP contribution in [0.4, 0.5) is 0 Å². The molecule has 0 spiro atoms. The second-order valence-electron chi connectivity index (χ2n) is 2.17. The van der Waals surface area contributed by atoms with Crippen molar-refractivity contribution in [1.29, 1.82) is 0 Å². The largest absolute Gasteiger partial charge is 0.444 e. The number of methoxy groups -OCH3 is 1. The van der Waals surface area contributed by atoms with E-state index < -0.39 is 0 Å². The quantitative estimate of drug-likeness (QED) is 0.682. The highest BCUT2D eigenvalue weighted by Crippen LogP contribution is 2.03. The van der Waals surface area contributed by atoms with Crippen LogP contribution in [0.25, 0.3) is 0 Å². The summed E-state index contributed by atoms with van der Waals surface area (Å²) in [6, 6.07) is 0. The molecule has 0 aromatic carbocycles. The average molecular weight is 156 g/mol. The molecular weight excluding hydrogens is 144 g/mol. The Hall–Kier alpha value is -0.870. The minimum atomic E-state index is 0.354. The van der Waals surface area contributed by atoms with E-state index in [4.69, 9.17) is 14.9 Å². The van der Waals surface area contributed by atoms with Crippen molar-refractivity contribution in [1.82, 2.24) is 4.98 Å². The number of hydrogen-bond acceptors (Lipinski definition) is 4. The van der Waals surface area contributed by atoms with Crippen molar-refractivity contribution in [3.63, 3.8) is 0 Å². The number of rotatable bonds is 4. The molecule has 4 nitrogen and oxygen atoms in total. The summed E-state index contributed by atoms with van der Waals surface area (Å²) < 4.78 is 10.1. The first-order valence-electron chi connectivity index (χ1n) is 3.49. The van der Waals surface area contributed by atoms with Gasteiger partial charge in [-0.25, -0.2) is 4.98 Å². The summed E-state index contributed by atoms with van der Waals surface area (Å²) in [5, 5.41) is 0. The molecule has 0 radical (unpaired) electrons. The number of aromatic nitrogens is 1. The van der Waals surface area contributed by atoms with Gasteiger partial charge >= 0.3 is 0 Å². The topological polar surface area (TPSA) is 61.3 Å². The number of nitrogens with zero attached hydrogens (tertiary/aromatic N) is 1. The summed E-state index contributed by atoms with van der Waals surface area (Å²) in [5.41, 5.74) is 5.30. The van der Waals surface area contributed by atoms with Gasteiger partial charge in [-0.1, -0.05) is 0 Å². The van der Waals surface area contributed by atoms with Gasteiger partial charge in [0.1, 0.15) is 5.76 Å². The SMILES string of the molecule is COCCc1cnc(CN)o1. The van der Waals surface area contributed by atoms with Crippen LogP contribution >= 0.6 is 0 Å². The summed E-state index contributed by atoms with van der Waals surface area (Å²) in [7, 11) is 1.65. The molecule has 0 aliphatic carbocycles. The van der Waals surface area contributed by atoms with Crippen molar-refractivity contribution in [2.75, 3.05) is 13.7 Å². The first kappa shape index (κ1) is 8.23. The van der Waals surface area contributed by atoms with E-state index in [-0.39, 0.29) is 0 Å². The van der Waals surface area contributed by atoms with Crippen molar-refractivity contribution in [3.05, 3.63) is 17.8 Å². The summed E-state index contributed by atoms with van der Waals surface area (Å²) in [6.07, 6.45) is 2.44. The highest BCUT2D eigenvalue weighted by molar-refractivity contribution is 4.93. The van der Waals surface area contributed by atoms with Gasteiger partial charge < -0.3 is 14.9 Å². The van der Waals surface area contributed by atoms with E-state index in [9.17, 15) is 0 Å². The lowest BCUT2D eigenvalue weighted by molar-refractivity contribution is 0.196. The molecule has 2 N–H and O–H groups in total. The molecule has 4 heteroatoms. The first-order valence-corrected chi connectivity index (χ1v) is 3.49. The Morgan fingerprint density at radius 3 is 3.09 bits per heavy atom. The summed E-state index contributed by atoms with van der Waals surface area (Å²) in [5.74, 6) is 1.41. The van der Waals surface area contributed by atoms with E-state index in [0.717, 1.165) is 12.2 Å². The molecule has 0 saturated heterocycles. The maximum Gasteiger partial charge on any atom is 0.208 e. The van der Waals surface area contributed by atoms with Gasteiger partial charge in [-0.05, 0) is 0 Å². The molecule has 62 valence electrons. The maximum absolute atomic E-state index is 5.30. The molecule has 0 unspecified atom stereocenters. The summed E-state index contributed by atoms with van der Waals surface area (Å²) >= 11 is 0. The van der Waals surface area contributed by atoms with Crippen molar-refractivity contribution < 1.29 is 9.15 Å². The molecule has 0 atom stereocenters. The van der Waals surface area contributed by atoms with Crippen molar-refractivity contribution in [3.8, 4) is 0 Å². The van der Waals surface area contributed by atoms with E-state index in [0.29, 0.717) is 19.0 Å². The molecule has 1 rings (SSSR count). The smallest absolute Gasteiger partial charge is 0.208 e. The predicted molar refractivity (Wildman–Crippen MR) is 40.0 cm³/mol. The fraction of sp³-hybridized carbons (Fsp3) is 0.571. The second-order valence-corrected chi connectivity index (χ2v) is 2.17. The number of ether oxygens (including phenoxy) is 1. The minimum absolute atomic E-state index is 0.354. The highest BCUT2D eigenvalue weighted by Gasteiger charge is 2.00. The fourth-order valence-electron chi connectivity index (χ4n) is 0.761. The zero-order valence-electron chi connectivity index (χ0n) is 6.54. The average Bonchev–Trinajstić information content (AvgIpc) is 2.48. The Bertz CT molecular complexity index is 210. The van der Waals surface area contributed by atoms with Crippen LogP contribution in [0.1, 0.15) is 11.7 Å². The molecule has 1 heterocycles. The Kier molecular flexibility index (Phi) is 3.07. The number of nitrogens with two attached hydrogens (primary N) is 1. The predicted octanol–water partition coefficient (Wildman–Crippen LogP) is 0.322. The van der Waals surface area contributed by atoms with Gasteiger partial charge in [0.25, 0.3) is 0 Å². The lowest BCUT2D eigenvalue weighted by Crippen LogP contribution is -1.95. The summed E-state index contributed by atoms with van der Waals surface area (Å²) in [4.78, 5) is 3.94. The van der Waals surface area contributed by atoms with Gasteiger partial charge in [0.2, 0.25) is 5.89 Å².